The van der Waals surface area contributed by atoms with Gasteiger partial charge in [0.15, 0.2) is 11.6 Å². The van der Waals surface area contributed by atoms with Crippen LogP contribution in [0.5, 0.6) is 0 Å². The lowest BCUT2D eigenvalue weighted by atomic mass is 9.99. The summed E-state index contributed by atoms with van der Waals surface area (Å²) in [6.07, 6.45) is 5.86. The lowest BCUT2D eigenvalue weighted by molar-refractivity contribution is -0.290. The van der Waals surface area contributed by atoms with Crippen LogP contribution >= 0.6 is 0 Å². The van der Waals surface area contributed by atoms with Gasteiger partial charge in [-0.1, -0.05) is 91.0 Å². The Balaban J connectivity index is 1.44. The number of carbonyl (C=O) groups is 1. The van der Waals surface area contributed by atoms with E-state index in [4.69, 9.17) is 24.3 Å². The van der Waals surface area contributed by atoms with Gasteiger partial charge in [0.2, 0.25) is 5.95 Å². The van der Waals surface area contributed by atoms with Gasteiger partial charge in [-0.15, -0.1) is 0 Å². The minimum atomic E-state index is -0.873. The number of rotatable bonds is 10. The lowest BCUT2D eigenvalue weighted by Crippen LogP contribution is -2.44. The van der Waals surface area contributed by atoms with Gasteiger partial charge >= 0.3 is 5.97 Å². The second-order valence-corrected chi connectivity index (χ2v) is 11.4. The molecular formula is C37H37N5O4. The highest BCUT2D eigenvalue weighted by molar-refractivity contribution is 5.84. The third-order valence-corrected chi connectivity index (χ3v) is 7.46. The fourth-order valence-electron chi connectivity index (χ4n) is 5.62. The molecule has 3 aromatic carbocycles. The third-order valence-electron chi connectivity index (χ3n) is 7.46. The Morgan fingerprint density at radius 2 is 1.63 bits per heavy atom. The summed E-state index contributed by atoms with van der Waals surface area (Å²) in [6.45, 7) is 5.86. The highest BCUT2D eigenvalue weighted by Gasteiger charge is 2.36. The Hall–Kier alpha value is -5.12. The summed E-state index contributed by atoms with van der Waals surface area (Å²) in [5.74, 6) is -0.0793. The van der Waals surface area contributed by atoms with Crippen LogP contribution in [0.25, 0.3) is 34.4 Å². The van der Waals surface area contributed by atoms with E-state index in [2.05, 4.69) is 28.5 Å². The first-order chi connectivity index (χ1) is 22.4. The summed E-state index contributed by atoms with van der Waals surface area (Å²) < 4.78 is 19.4. The van der Waals surface area contributed by atoms with Crippen LogP contribution in [0, 0.1) is 0 Å². The fraction of sp³-hybridized carbons (Fsp3) is 0.243. The number of ether oxygens (including phenoxy) is 3. The second-order valence-electron chi connectivity index (χ2n) is 11.4. The number of para-hydroxylation sites is 1. The van der Waals surface area contributed by atoms with Crippen molar-refractivity contribution in [1.29, 1.82) is 0 Å². The summed E-state index contributed by atoms with van der Waals surface area (Å²) in [6, 6.07) is 31.9. The topological polar surface area (TPSA) is 100 Å². The van der Waals surface area contributed by atoms with E-state index in [0.29, 0.717) is 24.8 Å². The Bertz CT molecular complexity index is 1790. The van der Waals surface area contributed by atoms with Crippen molar-refractivity contribution < 1.29 is 19.0 Å². The van der Waals surface area contributed by atoms with Crippen molar-refractivity contribution in [1.82, 2.24) is 19.7 Å². The number of anilines is 2. The first-order valence-corrected chi connectivity index (χ1v) is 15.5. The van der Waals surface area contributed by atoms with E-state index < -0.39 is 5.79 Å². The quantitative estimate of drug-likeness (QED) is 0.160. The molecule has 1 fully saturated rings. The van der Waals surface area contributed by atoms with Crippen LogP contribution in [0.1, 0.15) is 39.2 Å². The van der Waals surface area contributed by atoms with Crippen LogP contribution in [0.4, 0.5) is 11.6 Å². The van der Waals surface area contributed by atoms with E-state index in [0.717, 1.165) is 33.8 Å². The molecule has 2 aromatic heterocycles. The summed E-state index contributed by atoms with van der Waals surface area (Å²) in [5.41, 5.74) is 5.39. The third kappa shape index (κ3) is 7.39. The van der Waals surface area contributed by atoms with Crippen LogP contribution in [-0.4, -0.2) is 50.3 Å². The van der Waals surface area contributed by atoms with Crippen LogP contribution in [-0.2, 0) is 19.0 Å². The number of carbonyl (C=O) groups excluding carboxylic acids is 1. The summed E-state index contributed by atoms with van der Waals surface area (Å²) in [5, 5.41) is 8.45. The number of hydrogen-bond acceptors (Lipinski definition) is 8. The number of hydrogen-bond donors (Lipinski definition) is 1. The van der Waals surface area contributed by atoms with Crippen LogP contribution in [0.15, 0.2) is 109 Å². The number of nitrogens with one attached hydrogen (secondary N) is 1. The van der Waals surface area contributed by atoms with Gasteiger partial charge in [0.25, 0.3) is 0 Å². The van der Waals surface area contributed by atoms with Gasteiger partial charge in [0.1, 0.15) is 5.69 Å². The zero-order chi connectivity index (χ0) is 31.9. The summed E-state index contributed by atoms with van der Waals surface area (Å²) >= 11 is 0. The normalized spacial score (nSPS) is 17.5. The van der Waals surface area contributed by atoms with Crippen molar-refractivity contribution in [2.24, 2.45) is 0 Å². The van der Waals surface area contributed by atoms with E-state index in [1.165, 1.54) is 0 Å². The summed E-state index contributed by atoms with van der Waals surface area (Å²) in [7, 11) is 0. The average molecular weight is 616 g/mol. The van der Waals surface area contributed by atoms with Crippen molar-refractivity contribution in [3.63, 3.8) is 0 Å². The maximum atomic E-state index is 12.3. The molecule has 1 aliphatic heterocycles. The number of esters is 1. The van der Waals surface area contributed by atoms with Crippen molar-refractivity contribution in [2.45, 2.75) is 51.6 Å². The molecule has 0 unspecified atom stereocenters. The Kier molecular flexibility index (Phi) is 9.33. The minimum Gasteiger partial charge on any atom is -0.466 e. The smallest absolute Gasteiger partial charge is 0.308 e. The fourth-order valence-corrected chi connectivity index (χ4v) is 5.62. The highest BCUT2D eigenvalue weighted by Crippen LogP contribution is 2.36. The minimum absolute atomic E-state index is 0.167. The maximum absolute atomic E-state index is 12.3. The molecule has 0 aliphatic carbocycles. The van der Waals surface area contributed by atoms with E-state index in [9.17, 15) is 4.79 Å². The molecule has 0 bridgehead atoms. The SMILES string of the molecule is CCOC(=O)C[C@H]1C[C@@H](C=Cc2c(-c3ccccc3)nn(-c3ccnc(Nc4ccccc4)n3)c2-c2ccccc2)OC(C)(C)O1. The molecule has 46 heavy (non-hydrogen) atoms. The predicted octanol–water partition coefficient (Wildman–Crippen LogP) is 7.62. The zero-order valence-corrected chi connectivity index (χ0v) is 26.2. The molecule has 6 rings (SSSR count). The molecular weight excluding hydrogens is 578 g/mol. The van der Waals surface area contributed by atoms with E-state index >= 15 is 0 Å². The molecule has 2 atom stereocenters. The van der Waals surface area contributed by atoms with Crippen molar-refractivity contribution in [3.8, 4) is 28.3 Å². The van der Waals surface area contributed by atoms with E-state index in [-0.39, 0.29) is 24.6 Å². The molecule has 1 aliphatic rings. The van der Waals surface area contributed by atoms with Gasteiger partial charge in [0.05, 0.1) is 30.9 Å². The van der Waals surface area contributed by atoms with Gasteiger partial charge in [-0.05, 0) is 32.9 Å². The molecule has 0 amide bonds. The van der Waals surface area contributed by atoms with Gasteiger partial charge in [-0.3, -0.25) is 4.79 Å². The van der Waals surface area contributed by atoms with Crippen molar-refractivity contribution >= 4 is 23.7 Å². The predicted molar refractivity (Wildman–Crippen MR) is 178 cm³/mol. The van der Waals surface area contributed by atoms with E-state index in [1.54, 1.807) is 13.1 Å². The van der Waals surface area contributed by atoms with Crippen molar-refractivity contribution in [2.75, 3.05) is 11.9 Å². The number of nitrogens with zero attached hydrogens (tertiary/aromatic N) is 4. The molecule has 3 heterocycles. The Morgan fingerprint density at radius 3 is 2.33 bits per heavy atom. The lowest BCUT2D eigenvalue weighted by Gasteiger charge is -2.39. The second kappa shape index (κ2) is 13.9. The van der Waals surface area contributed by atoms with Gasteiger partial charge < -0.3 is 19.5 Å². The molecule has 9 nitrogen and oxygen atoms in total. The average Bonchev–Trinajstić information content (AvgIpc) is 3.44. The van der Waals surface area contributed by atoms with Crippen LogP contribution < -0.4 is 5.32 Å². The summed E-state index contributed by atoms with van der Waals surface area (Å²) in [4.78, 5) is 21.6. The molecule has 1 saturated heterocycles. The maximum Gasteiger partial charge on any atom is 0.308 e. The Labute approximate surface area is 268 Å². The zero-order valence-electron chi connectivity index (χ0n) is 26.2. The monoisotopic (exact) mass is 615 g/mol. The molecule has 1 N–H and O–H groups in total. The van der Waals surface area contributed by atoms with Gasteiger partial charge in [-0.2, -0.15) is 10.1 Å². The van der Waals surface area contributed by atoms with E-state index in [1.807, 2.05) is 110 Å². The number of aromatic nitrogens is 4. The van der Waals surface area contributed by atoms with Crippen LogP contribution in [0.2, 0.25) is 0 Å². The Morgan fingerprint density at radius 1 is 0.957 bits per heavy atom. The standard InChI is InChI=1S/C37H37N5O4/c1-4-44-33(43)25-30-24-29(45-37(2,3)46-30)20-21-31-34(26-14-8-5-9-15-26)41-42(35(31)27-16-10-6-11-17-27)32-22-23-38-36(40-32)39-28-18-12-7-13-19-28/h5-23,29-30H,4,24-25H2,1-3H3,(H,38,39,40)/t29-,30-/m1/s1. The number of benzene rings is 3. The van der Waals surface area contributed by atoms with Crippen LogP contribution in [0.3, 0.4) is 0 Å². The first kappa shape index (κ1) is 30.9. The molecule has 234 valence electrons. The molecule has 9 heteroatoms. The molecule has 0 radical (unpaired) electrons. The molecule has 5 aromatic rings. The van der Waals surface area contributed by atoms with Gasteiger partial charge in [0, 0.05) is 41.1 Å². The highest BCUT2D eigenvalue weighted by atomic mass is 16.7. The van der Waals surface area contributed by atoms with Gasteiger partial charge in [-0.25, -0.2) is 9.67 Å². The molecule has 0 spiro atoms. The largest absolute Gasteiger partial charge is 0.466 e. The first-order valence-electron chi connectivity index (χ1n) is 15.5. The van der Waals surface area contributed by atoms with Crippen molar-refractivity contribution in [3.05, 3.63) is 115 Å². The molecule has 0 saturated carbocycles.